The van der Waals surface area contributed by atoms with Crippen molar-refractivity contribution in [2.45, 2.75) is 13.8 Å². The molecule has 5 heteroatoms. The lowest BCUT2D eigenvalue weighted by atomic mass is 10.2. The number of amides is 1. The molecule has 0 saturated heterocycles. The molecule has 1 atom stereocenters. The summed E-state index contributed by atoms with van der Waals surface area (Å²) in [5.41, 5.74) is 0.294. The summed E-state index contributed by atoms with van der Waals surface area (Å²) < 4.78 is 4.75. The van der Waals surface area contributed by atoms with E-state index in [-0.39, 0.29) is 6.61 Å². The maximum absolute atomic E-state index is 11.0. The van der Waals surface area contributed by atoms with Gasteiger partial charge in [-0.25, -0.2) is 4.79 Å². The minimum atomic E-state index is -0.518. The Labute approximate surface area is 87.7 Å². The van der Waals surface area contributed by atoms with E-state index in [0.29, 0.717) is 5.57 Å². The zero-order chi connectivity index (χ0) is 11.1. The Morgan fingerprint density at radius 2 is 2.21 bits per heavy atom. The van der Waals surface area contributed by atoms with Crippen molar-refractivity contribution in [3.63, 3.8) is 0 Å². The molecule has 1 amide bonds. The Hall–Kier alpha value is -1.32. The van der Waals surface area contributed by atoms with Gasteiger partial charge < -0.3 is 4.74 Å². The fourth-order valence-corrected chi connectivity index (χ4v) is 0.640. The summed E-state index contributed by atoms with van der Waals surface area (Å²) in [6.45, 7) is 6.50. The molecule has 0 radical (unpaired) electrons. The number of esters is 1. The quantitative estimate of drug-likeness (QED) is 0.306. The number of carbonyl (C=O) groups is 2. The third-order valence-electron chi connectivity index (χ3n) is 1.39. The zero-order valence-electron chi connectivity index (χ0n) is 8.07. The number of ether oxygens (including phenoxy) is 1. The first-order valence-corrected chi connectivity index (χ1v) is 4.34. The lowest BCUT2D eigenvalue weighted by Gasteiger charge is -2.07. The molecular formula is C9H11NO3S. The summed E-state index contributed by atoms with van der Waals surface area (Å²) in [5.74, 6) is -1.47. The van der Waals surface area contributed by atoms with E-state index < -0.39 is 17.8 Å². The predicted octanol–water partition coefficient (Wildman–Crippen LogP) is 1.37. The standard InChI is InChI=1S/C9H11NO3S/c1-6(2)9(12)13-4-7(3)8(11)10-5-14/h7H,1,4H2,2-3H3. The van der Waals surface area contributed by atoms with Crippen LogP contribution < -0.4 is 0 Å². The van der Waals surface area contributed by atoms with Crippen LogP contribution in [0.15, 0.2) is 17.1 Å². The van der Waals surface area contributed by atoms with Crippen LogP contribution in [0.3, 0.4) is 0 Å². The number of nitrogens with zero attached hydrogens (tertiary/aromatic N) is 1. The summed E-state index contributed by atoms with van der Waals surface area (Å²) in [4.78, 5) is 25.2. The van der Waals surface area contributed by atoms with Crippen LogP contribution in [0, 0.1) is 5.92 Å². The van der Waals surface area contributed by atoms with Gasteiger partial charge in [0.25, 0.3) is 5.91 Å². The third kappa shape index (κ3) is 4.64. The molecule has 0 saturated carbocycles. The zero-order valence-corrected chi connectivity index (χ0v) is 8.89. The van der Waals surface area contributed by atoms with Gasteiger partial charge in [-0.3, -0.25) is 4.79 Å². The smallest absolute Gasteiger partial charge is 0.333 e. The van der Waals surface area contributed by atoms with E-state index in [9.17, 15) is 9.59 Å². The number of hydrogen-bond acceptors (Lipinski definition) is 4. The Kier molecular flexibility index (Phi) is 5.60. The van der Waals surface area contributed by atoms with Crippen LogP contribution in [0.25, 0.3) is 0 Å². The van der Waals surface area contributed by atoms with Gasteiger partial charge in [-0.15, -0.1) is 0 Å². The van der Waals surface area contributed by atoms with Gasteiger partial charge in [-0.2, -0.15) is 4.99 Å². The highest BCUT2D eigenvalue weighted by atomic mass is 32.1. The minimum absolute atomic E-state index is 0.0228. The molecule has 0 spiro atoms. The van der Waals surface area contributed by atoms with Crippen LogP contribution in [0.5, 0.6) is 0 Å². The molecule has 4 nitrogen and oxygen atoms in total. The molecule has 0 aromatic carbocycles. The van der Waals surface area contributed by atoms with Gasteiger partial charge in [-0.1, -0.05) is 13.5 Å². The van der Waals surface area contributed by atoms with Crippen molar-refractivity contribution in [2.75, 3.05) is 6.61 Å². The SMILES string of the molecule is C=C(C)C(=O)OCC(C)C(=O)N=C=S. The molecule has 1 unspecified atom stereocenters. The van der Waals surface area contributed by atoms with Gasteiger partial charge in [0.2, 0.25) is 0 Å². The molecule has 0 aromatic heterocycles. The first kappa shape index (κ1) is 12.7. The molecule has 0 fully saturated rings. The van der Waals surface area contributed by atoms with Gasteiger partial charge in [0.1, 0.15) is 6.61 Å². The monoisotopic (exact) mass is 213 g/mol. The Balaban J connectivity index is 4.02. The van der Waals surface area contributed by atoms with Crippen molar-refractivity contribution in [3.05, 3.63) is 12.2 Å². The topological polar surface area (TPSA) is 55.7 Å². The number of carbonyl (C=O) groups excluding carboxylic acids is 2. The number of thiocarbonyl (C=S) groups is 1. The number of aliphatic imine (C=N–C) groups is 1. The molecule has 0 rings (SSSR count). The number of hydrogen-bond donors (Lipinski definition) is 0. The fourth-order valence-electron chi connectivity index (χ4n) is 0.550. The second-order valence-electron chi connectivity index (χ2n) is 2.82. The van der Waals surface area contributed by atoms with Gasteiger partial charge in [0, 0.05) is 5.57 Å². The summed E-state index contributed by atoms with van der Waals surface area (Å²) in [5, 5.41) is 1.96. The Bertz CT molecular complexity index is 305. The second-order valence-corrected chi connectivity index (χ2v) is 3.00. The molecule has 0 heterocycles. The number of rotatable bonds is 4. The Morgan fingerprint density at radius 3 is 2.64 bits per heavy atom. The summed E-state index contributed by atoms with van der Waals surface area (Å²) in [7, 11) is 0. The average Bonchev–Trinajstić information content (AvgIpc) is 2.13. The van der Waals surface area contributed by atoms with Crippen molar-refractivity contribution in [3.8, 4) is 0 Å². The largest absolute Gasteiger partial charge is 0.462 e. The Morgan fingerprint density at radius 1 is 1.64 bits per heavy atom. The van der Waals surface area contributed by atoms with Crippen LogP contribution in [0.4, 0.5) is 0 Å². The van der Waals surface area contributed by atoms with E-state index in [4.69, 9.17) is 4.74 Å². The fraction of sp³-hybridized carbons (Fsp3) is 0.444. The summed E-state index contributed by atoms with van der Waals surface area (Å²) >= 11 is 4.27. The molecule has 0 aromatic rings. The lowest BCUT2D eigenvalue weighted by Crippen LogP contribution is -2.18. The molecule has 0 aliphatic rings. The average molecular weight is 213 g/mol. The maximum atomic E-state index is 11.0. The highest BCUT2D eigenvalue weighted by Gasteiger charge is 2.14. The molecule has 0 N–H and O–H groups in total. The van der Waals surface area contributed by atoms with Crippen LogP contribution in [-0.2, 0) is 14.3 Å². The first-order valence-electron chi connectivity index (χ1n) is 3.93. The van der Waals surface area contributed by atoms with Crippen molar-refractivity contribution >= 4 is 29.3 Å². The van der Waals surface area contributed by atoms with E-state index in [2.05, 4.69) is 23.8 Å². The molecule has 0 aliphatic heterocycles. The van der Waals surface area contributed by atoms with E-state index in [1.165, 1.54) is 6.92 Å². The van der Waals surface area contributed by atoms with Crippen LogP contribution in [0.1, 0.15) is 13.8 Å². The highest BCUT2D eigenvalue weighted by Crippen LogP contribution is 2.01. The van der Waals surface area contributed by atoms with Crippen molar-refractivity contribution in [2.24, 2.45) is 10.9 Å². The van der Waals surface area contributed by atoms with Crippen molar-refractivity contribution in [1.82, 2.24) is 0 Å². The van der Waals surface area contributed by atoms with Crippen LogP contribution in [-0.4, -0.2) is 23.6 Å². The van der Waals surface area contributed by atoms with Crippen LogP contribution >= 0.6 is 12.2 Å². The van der Waals surface area contributed by atoms with Crippen LogP contribution in [0.2, 0.25) is 0 Å². The van der Waals surface area contributed by atoms with Gasteiger partial charge in [0.05, 0.1) is 11.1 Å². The van der Waals surface area contributed by atoms with Crippen molar-refractivity contribution in [1.29, 1.82) is 0 Å². The van der Waals surface area contributed by atoms with Gasteiger partial charge >= 0.3 is 5.97 Å². The molecular weight excluding hydrogens is 202 g/mol. The van der Waals surface area contributed by atoms with Gasteiger partial charge in [0.15, 0.2) is 0 Å². The van der Waals surface area contributed by atoms with Gasteiger partial charge in [-0.05, 0) is 19.1 Å². The van der Waals surface area contributed by atoms with E-state index in [1.54, 1.807) is 6.92 Å². The van der Waals surface area contributed by atoms with E-state index in [1.807, 2.05) is 5.16 Å². The maximum Gasteiger partial charge on any atom is 0.333 e. The number of isothiocyanates is 1. The second kappa shape index (κ2) is 6.18. The summed E-state index contributed by atoms with van der Waals surface area (Å²) in [6.07, 6.45) is 0. The minimum Gasteiger partial charge on any atom is -0.462 e. The molecule has 76 valence electrons. The van der Waals surface area contributed by atoms with Crippen molar-refractivity contribution < 1.29 is 14.3 Å². The lowest BCUT2D eigenvalue weighted by molar-refractivity contribution is -0.141. The molecule has 0 aliphatic carbocycles. The van der Waals surface area contributed by atoms with E-state index >= 15 is 0 Å². The summed E-state index contributed by atoms with van der Waals surface area (Å²) in [6, 6.07) is 0. The normalized spacial score (nSPS) is 11.0. The highest BCUT2D eigenvalue weighted by molar-refractivity contribution is 7.78. The van der Waals surface area contributed by atoms with E-state index in [0.717, 1.165) is 0 Å². The first-order chi connectivity index (χ1) is 6.49. The third-order valence-corrected chi connectivity index (χ3v) is 1.48. The molecule has 0 bridgehead atoms. The molecule has 14 heavy (non-hydrogen) atoms. The predicted molar refractivity (Wildman–Crippen MR) is 55.0 cm³/mol.